The second-order valence-corrected chi connectivity index (χ2v) is 9.51. The van der Waals surface area contributed by atoms with Crippen molar-refractivity contribution < 1.29 is 4.79 Å². The van der Waals surface area contributed by atoms with Crippen molar-refractivity contribution in [2.24, 2.45) is 0 Å². The van der Waals surface area contributed by atoms with Crippen LogP contribution in [-0.2, 0) is 12.8 Å². The van der Waals surface area contributed by atoms with Gasteiger partial charge in [-0.15, -0.1) is 0 Å². The topological polar surface area (TPSA) is 33.2 Å². The second kappa shape index (κ2) is 9.69. The third kappa shape index (κ3) is 5.14. The van der Waals surface area contributed by atoms with Gasteiger partial charge < -0.3 is 4.90 Å². The fourth-order valence-electron chi connectivity index (χ4n) is 2.85. The molecule has 0 atom stereocenters. The first-order chi connectivity index (χ1) is 13.4. The summed E-state index contributed by atoms with van der Waals surface area (Å²) in [6, 6.07) is 15.4. The largest absolute Gasteiger partial charge is 0.310 e. The molecule has 0 fully saturated rings. The highest BCUT2D eigenvalue weighted by Crippen LogP contribution is 2.29. The van der Waals surface area contributed by atoms with Crippen LogP contribution in [0.3, 0.4) is 0 Å². The molecule has 0 aliphatic carbocycles. The molecule has 1 amide bonds. The van der Waals surface area contributed by atoms with Gasteiger partial charge in [-0.3, -0.25) is 4.79 Å². The van der Waals surface area contributed by atoms with E-state index in [1.807, 2.05) is 48.5 Å². The molecule has 144 valence electrons. The number of nitrogens with zero attached hydrogens (tertiary/aromatic N) is 2. The Balaban J connectivity index is 1.88. The molecule has 2 aromatic carbocycles. The molecule has 0 aliphatic heterocycles. The van der Waals surface area contributed by atoms with Crippen molar-refractivity contribution in [3.8, 4) is 0 Å². The summed E-state index contributed by atoms with van der Waals surface area (Å²) in [6.45, 7) is 0. The normalized spacial score (nSPS) is 10.8. The van der Waals surface area contributed by atoms with Crippen molar-refractivity contribution in [3.05, 3.63) is 89.1 Å². The monoisotopic (exact) mass is 632 g/mol. The lowest BCUT2D eigenvalue weighted by atomic mass is 10.0. The zero-order valence-corrected chi connectivity index (χ0v) is 21.0. The van der Waals surface area contributed by atoms with Gasteiger partial charge in [-0.1, -0.05) is 29.8 Å². The molecule has 28 heavy (non-hydrogen) atoms. The minimum atomic E-state index is -0.129. The number of aryl methyl sites for hydroxylation is 2. The van der Waals surface area contributed by atoms with E-state index in [1.54, 1.807) is 18.1 Å². The summed E-state index contributed by atoms with van der Waals surface area (Å²) >= 11 is 15.5. The number of carbonyl (C=O) groups excluding carboxylic acids is 1. The van der Waals surface area contributed by atoms with Crippen LogP contribution in [0.2, 0.25) is 5.02 Å². The summed E-state index contributed by atoms with van der Waals surface area (Å²) in [5.74, 6) is -0.129. The first kappa shape index (κ1) is 21.7. The van der Waals surface area contributed by atoms with Crippen LogP contribution < -0.4 is 4.90 Å². The van der Waals surface area contributed by atoms with E-state index in [-0.39, 0.29) is 5.91 Å². The van der Waals surface area contributed by atoms with Crippen LogP contribution in [-0.4, -0.2) is 17.9 Å². The maximum Gasteiger partial charge on any atom is 0.276 e. The van der Waals surface area contributed by atoms with E-state index in [1.165, 1.54) is 0 Å². The molecule has 1 heterocycles. The molecule has 7 heteroatoms. The Hall–Kier alpha value is -0.960. The molecule has 0 N–H and O–H groups in total. The van der Waals surface area contributed by atoms with E-state index in [4.69, 9.17) is 11.6 Å². The van der Waals surface area contributed by atoms with Gasteiger partial charge in [0.15, 0.2) is 0 Å². The van der Waals surface area contributed by atoms with Crippen LogP contribution in [0, 0.1) is 3.57 Å². The molecule has 0 bridgehead atoms. The third-order valence-corrected chi connectivity index (χ3v) is 7.61. The lowest BCUT2D eigenvalue weighted by Gasteiger charge is -2.19. The fraction of sp³-hybridized carbons (Fsp3) is 0.143. The molecule has 3 aromatic rings. The van der Waals surface area contributed by atoms with Gasteiger partial charge in [-0.05, 0) is 109 Å². The minimum absolute atomic E-state index is 0.129. The molecular formula is C21H16Br2ClIN2O. The first-order valence-corrected chi connectivity index (χ1v) is 11.5. The average molecular weight is 635 g/mol. The summed E-state index contributed by atoms with van der Waals surface area (Å²) < 4.78 is 2.95. The van der Waals surface area contributed by atoms with Crippen molar-refractivity contribution in [2.45, 2.75) is 12.8 Å². The van der Waals surface area contributed by atoms with Gasteiger partial charge in [0.05, 0.1) is 0 Å². The van der Waals surface area contributed by atoms with Gasteiger partial charge in [0.1, 0.15) is 5.69 Å². The predicted octanol–water partition coefficient (Wildman–Crippen LogP) is 6.93. The number of hydrogen-bond acceptors (Lipinski definition) is 2. The van der Waals surface area contributed by atoms with Gasteiger partial charge in [0, 0.05) is 36.5 Å². The van der Waals surface area contributed by atoms with Gasteiger partial charge in [0.25, 0.3) is 5.91 Å². The van der Waals surface area contributed by atoms with Gasteiger partial charge in [0.2, 0.25) is 0 Å². The van der Waals surface area contributed by atoms with Crippen LogP contribution in [0.25, 0.3) is 0 Å². The summed E-state index contributed by atoms with van der Waals surface area (Å²) in [6.07, 6.45) is 3.10. The van der Waals surface area contributed by atoms with E-state index >= 15 is 0 Å². The summed E-state index contributed by atoms with van der Waals surface area (Å²) in [5, 5.41) is 0.690. The quantitative estimate of drug-likeness (QED) is 0.226. The Kier molecular flexibility index (Phi) is 7.53. The Labute approximate surface area is 199 Å². The van der Waals surface area contributed by atoms with Gasteiger partial charge in [-0.25, -0.2) is 4.98 Å². The molecule has 0 saturated heterocycles. The standard InChI is InChI=1S/C21H16Br2ClIN2O/c1-27(17-5-3-2-4-6-17)21(28)20-14(9-15(22)12-26-20)8-7-13-10-16(24)11-18(23)19(13)25/h2-6,9-12H,7-8H2,1H3. The van der Waals surface area contributed by atoms with Gasteiger partial charge >= 0.3 is 0 Å². The maximum absolute atomic E-state index is 13.1. The third-order valence-electron chi connectivity index (χ3n) is 4.32. The molecular weight excluding hydrogens is 618 g/mol. The Bertz CT molecular complexity index is 1010. The molecule has 3 nitrogen and oxygen atoms in total. The number of aromatic nitrogens is 1. The number of amides is 1. The smallest absolute Gasteiger partial charge is 0.276 e. The first-order valence-electron chi connectivity index (χ1n) is 8.47. The van der Waals surface area contributed by atoms with Gasteiger partial charge in [-0.2, -0.15) is 0 Å². The number of para-hydroxylation sites is 1. The summed E-state index contributed by atoms with van der Waals surface area (Å²) in [7, 11) is 1.77. The van der Waals surface area contributed by atoms with E-state index in [0.717, 1.165) is 35.8 Å². The van der Waals surface area contributed by atoms with Crippen LogP contribution in [0.4, 0.5) is 5.69 Å². The van der Waals surface area contributed by atoms with E-state index in [0.29, 0.717) is 17.1 Å². The van der Waals surface area contributed by atoms with E-state index in [2.05, 4.69) is 59.4 Å². The minimum Gasteiger partial charge on any atom is -0.310 e. The fourth-order valence-corrected chi connectivity index (χ4v) is 4.69. The molecule has 0 aliphatic rings. The summed E-state index contributed by atoms with van der Waals surface area (Å²) in [4.78, 5) is 19.1. The van der Waals surface area contributed by atoms with E-state index in [9.17, 15) is 4.79 Å². The highest BCUT2D eigenvalue weighted by molar-refractivity contribution is 14.1. The number of halogens is 4. The van der Waals surface area contributed by atoms with E-state index < -0.39 is 0 Å². The zero-order valence-electron chi connectivity index (χ0n) is 14.9. The SMILES string of the molecule is CN(C(=O)c1ncc(Br)cc1CCc1cc(Cl)cc(Br)c1I)c1ccccc1. The highest BCUT2D eigenvalue weighted by atomic mass is 127. The molecule has 0 spiro atoms. The van der Waals surface area contributed by atoms with Crippen LogP contribution in [0.1, 0.15) is 21.6 Å². The van der Waals surface area contributed by atoms with Crippen molar-refractivity contribution in [1.29, 1.82) is 0 Å². The van der Waals surface area contributed by atoms with Crippen molar-refractivity contribution in [3.63, 3.8) is 0 Å². The lowest BCUT2D eigenvalue weighted by Crippen LogP contribution is -2.28. The number of hydrogen-bond donors (Lipinski definition) is 0. The predicted molar refractivity (Wildman–Crippen MR) is 130 cm³/mol. The van der Waals surface area contributed by atoms with Crippen molar-refractivity contribution >= 4 is 77.6 Å². The molecule has 3 rings (SSSR count). The number of pyridine rings is 1. The number of benzene rings is 2. The number of carbonyl (C=O) groups is 1. The molecule has 0 unspecified atom stereocenters. The molecule has 0 saturated carbocycles. The maximum atomic E-state index is 13.1. The highest BCUT2D eigenvalue weighted by Gasteiger charge is 2.19. The second-order valence-electron chi connectivity index (χ2n) is 6.22. The lowest BCUT2D eigenvalue weighted by molar-refractivity contribution is 0.0987. The summed E-state index contributed by atoms with van der Waals surface area (Å²) in [5.41, 5.74) is 3.32. The number of rotatable bonds is 5. The van der Waals surface area contributed by atoms with Crippen molar-refractivity contribution in [2.75, 3.05) is 11.9 Å². The zero-order chi connectivity index (χ0) is 20.3. The van der Waals surface area contributed by atoms with Crippen LogP contribution in [0.15, 0.2) is 63.7 Å². The van der Waals surface area contributed by atoms with Crippen molar-refractivity contribution in [1.82, 2.24) is 4.98 Å². The average Bonchev–Trinajstić information content (AvgIpc) is 2.69. The molecule has 1 aromatic heterocycles. The Morgan fingerprint density at radius 1 is 1.11 bits per heavy atom. The number of anilines is 1. The Morgan fingerprint density at radius 2 is 1.79 bits per heavy atom. The van der Waals surface area contributed by atoms with Crippen LogP contribution >= 0.6 is 66.1 Å². The molecule has 0 radical (unpaired) electrons. The Morgan fingerprint density at radius 3 is 2.50 bits per heavy atom. The van der Waals surface area contributed by atoms with Crippen LogP contribution in [0.5, 0.6) is 0 Å².